The zero-order chi connectivity index (χ0) is 24.5. The number of carbonyl (C=O) groups is 1. The van der Waals surface area contributed by atoms with E-state index in [0.29, 0.717) is 5.82 Å². The van der Waals surface area contributed by atoms with E-state index >= 15 is 0 Å². The van der Waals surface area contributed by atoms with Gasteiger partial charge < -0.3 is 11.1 Å². The molecule has 0 saturated heterocycles. The van der Waals surface area contributed by atoms with E-state index < -0.39 is 17.1 Å². The molecule has 1 atom stereocenters. The van der Waals surface area contributed by atoms with Gasteiger partial charge in [-0.15, -0.1) is 0 Å². The van der Waals surface area contributed by atoms with Crippen LogP contribution in [-0.4, -0.2) is 32.4 Å². The van der Waals surface area contributed by atoms with Crippen LogP contribution < -0.4 is 11.1 Å². The van der Waals surface area contributed by atoms with Crippen LogP contribution in [0, 0.1) is 0 Å². The van der Waals surface area contributed by atoms with Crippen molar-refractivity contribution < 1.29 is 18.0 Å². The molecule has 1 aromatic carbocycles. The quantitative estimate of drug-likeness (QED) is 0.559. The molecule has 1 saturated carbocycles. The molecule has 2 aromatic rings. The molecular weight excluding hydrogens is 463 g/mol. The van der Waals surface area contributed by atoms with Crippen molar-refractivity contribution in [1.29, 1.82) is 0 Å². The molecular formula is C24H26F3N5OS. The van der Waals surface area contributed by atoms with Crippen molar-refractivity contribution >= 4 is 39.8 Å². The molecule has 1 aliphatic heterocycles. The normalized spacial score (nSPS) is 20.8. The van der Waals surface area contributed by atoms with Gasteiger partial charge >= 0.3 is 6.18 Å². The van der Waals surface area contributed by atoms with E-state index in [1.165, 1.54) is 29.0 Å². The van der Waals surface area contributed by atoms with E-state index in [4.69, 9.17) is 5.73 Å². The van der Waals surface area contributed by atoms with Gasteiger partial charge in [0, 0.05) is 17.9 Å². The summed E-state index contributed by atoms with van der Waals surface area (Å²) in [4.78, 5) is 15.7. The summed E-state index contributed by atoms with van der Waals surface area (Å²) in [6.07, 6.45) is -0.00750. The van der Waals surface area contributed by atoms with Crippen LogP contribution in [0.2, 0.25) is 0 Å². The van der Waals surface area contributed by atoms with E-state index in [1.54, 1.807) is 0 Å². The van der Waals surface area contributed by atoms with Crippen LogP contribution in [0.5, 0.6) is 0 Å². The summed E-state index contributed by atoms with van der Waals surface area (Å²) in [7, 11) is 0. The lowest BCUT2D eigenvalue weighted by molar-refractivity contribution is -0.137. The van der Waals surface area contributed by atoms with Gasteiger partial charge in [-0.2, -0.15) is 18.3 Å². The van der Waals surface area contributed by atoms with Crippen molar-refractivity contribution in [2.24, 2.45) is 10.8 Å². The number of amides is 1. The van der Waals surface area contributed by atoms with Gasteiger partial charge in [0.15, 0.2) is 5.37 Å². The molecule has 1 amide bonds. The molecule has 4 rings (SSSR count). The smallest absolute Gasteiger partial charge is 0.367 e. The number of primary amides is 1. The van der Waals surface area contributed by atoms with Crippen molar-refractivity contribution in [3.05, 3.63) is 59.3 Å². The number of aromatic nitrogens is 1. The molecule has 0 radical (unpaired) electrons. The summed E-state index contributed by atoms with van der Waals surface area (Å²) in [6, 6.07) is 10.3. The highest BCUT2D eigenvalue weighted by Crippen LogP contribution is 2.37. The molecule has 1 aliphatic carbocycles. The first-order valence-corrected chi connectivity index (χ1v) is 11.9. The fourth-order valence-electron chi connectivity index (χ4n) is 4.32. The lowest BCUT2D eigenvalue weighted by atomic mass is 9.86. The fourth-order valence-corrected chi connectivity index (χ4v) is 5.23. The van der Waals surface area contributed by atoms with E-state index in [9.17, 15) is 18.0 Å². The Bertz CT molecular complexity index is 1120. The summed E-state index contributed by atoms with van der Waals surface area (Å²) < 4.78 is 38.3. The Hall–Kier alpha value is -3.01. The summed E-state index contributed by atoms with van der Waals surface area (Å²) >= 11 is 1.41. The molecule has 34 heavy (non-hydrogen) atoms. The molecule has 2 aliphatic rings. The standard InChI is InChI=1S/C24H26F3N5OS/c1-14(16-6-9-20(10-7-16)32-23(22(28)33)34-15(2)31-32)17-4-3-5-19(12-17)30-21-11-8-18(13-29-21)24(25,26)27/h3-5,8,11-13,20,23H,6-7,9-10H2,1-2H3,(H2,28,33)(H,29,30). The predicted molar refractivity (Wildman–Crippen MR) is 129 cm³/mol. The van der Waals surface area contributed by atoms with Gasteiger partial charge in [-0.25, -0.2) is 4.98 Å². The Kier molecular flexibility index (Phi) is 6.88. The molecule has 6 nitrogen and oxygen atoms in total. The molecule has 1 unspecified atom stereocenters. The van der Waals surface area contributed by atoms with E-state index in [-0.39, 0.29) is 11.9 Å². The second-order valence-electron chi connectivity index (χ2n) is 8.47. The highest BCUT2D eigenvalue weighted by Gasteiger charge is 2.36. The number of hydrogen-bond donors (Lipinski definition) is 2. The maximum atomic E-state index is 12.8. The van der Waals surface area contributed by atoms with Crippen molar-refractivity contribution in [2.45, 2.75) is 57.1 Å². The number of nitrogens with two attached hydrogens (primary N) is 1. The minimum absolute atomic E-state index is 0.178. The molecule has 3 N–H and O–H groups in total. The Morgan fingerprint density at radius 2 is 1.94 bits per heavy atom. The zero-order valence-corrected chi connectivity index (χ0v) is 19.7. The number of allylic oxidation sites excluding steroid dienone is 2. The van der Waals surface area contributed by atoms with Crippen molar-refractivity contribution in [3.8, 4) is 0 Å². The maximum absolute atomic E-state index is 12.8. The summed E-state index contributed by atoms with van der Waals surface area (Å²) in [5.41, 5.74) is 9.12. The highest BCUT2D eigenvalue weighted by atomic mass is 32.2. The molecule has 2 heterocycles. The van der Waals surface area contributed by atoms with E-state index in [0.717, 1.165) is 54.2 Å². The Morgan fingerprint density at radius 3 is 2.56 bits per heavy atom. The third kappa shape index (κ3) is 5.38. The highest BCUT2D eigenvalue weighted by molar-refractivity contribution is 8.15. The summed E-state index contributed by atoms with van der Waals surface area (Å²) in [6.45, 7) is 3.98. The minimum atomic E-state index is -4.41. The second kappa shape index (κ2) is 9.69. The Morgan fingerprint density at radius 1 is 1.21 bits per heavy atom. The number of thioether (sulfide) groups is 1. The van der Waals surface area contributed by atoms with Gasteiger partial charge in [0.2, 0.25) is 0 Å². The van der Waals surface area contributed by atoms with Gasteiger partial charge in [0.05, 0.1) is 10.6 Å². The van der Waals surface area contributed by atoms with Crippen molar-refractivity contribution in [1.82, 2.24) is 9.99 Å². The Labute approximate surface area is 200 Å². The van der Waals surface area contributed by atoms with Crippen LogP contribution in [-0.2, 0) is 11.0 Å². The topological polar surface area (TPSA) is 83.6 Å². The number of nitrogens with one attached hydrogen (secondary N) is 1. The first-order valence-electron chi connectivity index (χ1n) is 11.0. The zero-order valence-electron chi connectivity index (χ0n) is 18.9. The lowest BCUT2D eigenvalue weighted by Gasteiger charge is -2.34. The number of anilines is 2. The molecule has 180 valence electrons. The average molecular weight is 490 g/mol. The number of benzene rings is 1. The number of pyridine rings is 1. The Balaban J connectivity index is 1.43. The number of alkyl halides is 3. The van der Waals surface area contributed by atoms with Gasteiger partial charge in [-0.1, -0.05) is 29.5 Å². The van der Waals surface area contributed by atoms with Crippen LogP contribution in [0.15, 0.2) is 53.3 Å². The first kappa shape index (κ1) is 24.1. The number of hydrazone groups is 1. The number of nitrogens with zero attached hydrogens (tertiary/aromatic N) is 3. The number of hydrogen-bond acceptors (Lipinski definition) is 6. The van der Waals surface area contributed by atoms with Crippen LogP contribution in [0.3, 0.4) is 0 Å². The molecule has 10 heteroatoms. The van der Waals surface area contributed by atoms with Gasteiger partial charge in [-0.3, -0.25) is 9.80 Å². The predicted octanol–water partition coefficient (Wildman–Crippen LogP) is 5.75. The molecule has 0 bridgehead atoms. The van der Waals surface area contributed by atoms with Gasteiger partial charge in [0.1, 0.15) is 5.82 Å². The van der Waals surface area contributed by atoms with E-state index in [1.807, 2.05) is 36.2 Å². The van der Waals surface area contributed by atoms with Crippen molar-refractivity contribution in [3.63, 3.8) is 0 Å². The molecule has 1 aromatic heterocycles. The van der Waals surface area contributed by atoms with Gasteiger partial charge in [-0.05, 0) is 74.9 Å². The number of carbonyl (C=O) groups excluding carboxylic acids is 1. The fraction of sp³-hybridized carbons (Fsp3) is 0.375. The van der Waals surface area contributed by atoms with Gasteiger partial charge in [0.25, 0.3) is 5.91 Å². The van der Waals surface area contributed by atoms with Crippen LogP contribution in [0.25, 0.3) is 5.57 Å². The summed E-state index contributed by atoms with van der Waals surface area (Å²) in [5, 5.41) is 9.90. The average Bonchev–Trinajstić information content (AvgIpc) is 3.21. The van der Waals surface area contributed by atoms with Crippen molar-refractivity contribution in [2.75, 3.05) is 5.32 Å². The third-order valence-electron chi connectivity index (χ3n) is 6.14. The monoisotopic (exact) mass is 489 g/mol. The maximum Gasteiger partial charge on any atom is 0.417 e. The molecule has 1 fully saturated rings. The third-order valence-corrected chi connectivity index (χ3v) is 7.24. The van der Waals surface area contributed by atoms with Crippen LogP contribution in [0.1, 0.15) is 50.7 Å². The molecule has 0 spiro atoms. The number of rotatable bonds is 5. The lowest BCUT2D eigenvalue weighted by Crippen LogP contribution is -2.43. The van der Waals surface area contributed by atoms with E-state index in [2.05, 4.69) is 22.3 Å². The minimum Gasteiger partial charge on any atom is -0.367 e. The second-order valence-corrected chi connectivity index (χ2v) is 9.74. The van der Waals surface area contributed by atoms with Crippen LogP contribution in [0.4, 0.5) is 24.7 Å². The SMILES string of the molecule is CC1=NN(C2CCC(=C(C)c3cccc(Nc4ccc(C(F)(F)F)cn4)c3)CC2)C(C(N)=O)S1. The number of halogens is 3. The largest absolute Gasteiger partial charge is 0.417 e. The first-order chi connectivity index (χ1) is 16.1. The van der Waals surface area contributed by atoms with Crippen LogP contribution >= 0.6 is 11.8 Å². The summed E-state index contributed by atoms with van der Waals surface area (Å²) in [5.74, 6) is -0.0192.